The van der Waals surface area contributed by atoms with Gasteiger partial charge in [0.2, 0.25) is 0 Å². The van der Waals surface area contributed by atoms with Gasteiger partial charge in [0.05, 0.1) is 13.2 Å². The molecule has 2 fully saturated rings. The number of nitrogens with one attached hydrogen (secondary N) is 1. The zero-order valence-electron chi connectivity index (χ0n) is 8.64. The van der Waals surface area contributed by atoms with Crippen LogP contribution in [0.25, 0.3) is 0 Å². The van der Waals surface area contributed by atoms with Crippen LogP contribution in [-0.4, -0.2) is 26.8 Å². The zero-order valence-corrected chi connectivity index (χ0v) is 8.64. The smallest absolute Gasteiger partial charge is 0.0547 e. The number of hydrogen-bond acceptors (Lipinski definition) is 2. The maximum atomic E-state index is 5.42. The van der Waals surface area contributed by atoms with E-state index < -0.39 is 0 Å². The van der Waals surface area contributed by atoms with Crippen molar-refractivity contribution >= 4 is 0 Å². The van der Waals surface area contributed by atoms with Crippen LogP contribution < -0.4 is 5.32 Å². The van der Waals surface area contributed by atoms with Crippen LogP contribution in [0.1, 0.15) is 32.1 Å². The Hall–Kier alpha value is -0.0800. The van der Waals surface area contributed by atoms with Crippen LogP contribution in [0.4, 0.5) is 0 Å². The van der Waals surface area contributed by atoms with Crippen molar-refractivity contribution in [1.82, 2.24) is 5.32 Å². The summed E-state index contributed by atoms with van der Waals surface area (Å²) in [6, 6.07) is 0. The molecule has 0 radical (unpaired) electrons. The van der Waals surface area contributed by atoms with Crippen molar-refractivity contribution in [3.8, 4) is 0 Å². The molecule has 13 heavy (non-hydrogen) atoms. The summed E-state index contributed by atoms with van der Waals surface area (Å²) >= 11 is 0. The van der Waals surface area contributed by atoms with Gasteiger partial charge < -0.3 is 10.1 Å². The van der Waals surface area contributed by atoms with Crippen molar-refractivity contribution in [2.75, 3.05) is 26.8 Å². The van der Waals surface area contributed by atoms with Crippen molar-refractivity contribution < 1.29 is 4.74 Å². The van der Waals surface area contributed by atoms with Crippen molar-refractivity contribution in [1.29, 1.82) is 0 Å². The van der Waals surface area contributed by atoms with Crippen LogP contribution in [0.3, 0.4) is 0 Å². The molecule has 1 aliphatic carbocycles. The highest BCUT2D eigenvalue weighted by Crippen LogP contribution is 2.46. The van der Waals surface area contributed by atoms with Gasteiger partial charge in [0.15, 0.2) is 0 Å². The van der Waals surface area contributed by atoms with Crippen molar-refractivity contribution in [2.24, 2.45) is 11.3 Å². The van der Waals surface area contributed by atoms with Crippen LogP contribution in [-0.2, 0) is 4.74 Å². The van der Waals surface area contributed by atoms with Gasteiger partial charge in [0.25, 0.3) is 0 Å². The first-order valence-electron chi connectivity index (χ1n) is 5.60. The molecule has 0 aromatic carbocycles. The van der Waals surface area contributed by atoms with Gasteiger partial charge in [-0.25, -0.2) is 0 Å². The van der Waals surface area contributed by atoms with Crippen LogP contribution in [0, 0.1) is 11.3 Å². The van der Waals surface area contributed by atoms with Gasteiger partial charge in [-0.15, -0.1) is 0 Å². The lowest BCUT2D eigenvalue weighted by molar-refractivity contribution is -0.148. The fraction of sp³-hybridized carbons (Fsp3) is 1.00. The van der Waals surface area contributed by atoms with Crippen LogP contribution in [0.5, 0.6) is 0 Å². The molecule has 1 saturated carbocycles. The molecule has 0 aromatic heterocycles. The lowest BCUT2D eigenvalue weighted by Crippen LogP contribution is -2.49. The summed E-state index contributed by atoms with van der Waals surface area (Å²) < 4.78 is 5.42. The van der Waals surface area contributed by atoms with Gasteiger partial charge in [-0.05, 0) is 38.8 Å². The maximum absolute atomic E-state index is 5.42. The minimum absolute atomic E-state index is 0.569. The normalized spacial score (nSPS) is 27.5. The van der Waals surface area contributed by atoms with Gasteiger partial charge in [-0.1, -0.05) is 12.8 Å². The number of hydrogen-bond donors (Lipinski definition) is 1. The number of rotatable bonds is 4. The van der Waals surface area contributed by atoms with E-state index in [-0.39, 0.29) is 0 Å². The summed E-state index contributed by atoms with van der Waals surface area (Å²) in [4.78, 5) is 0. The van der Waals surface area contributed by atoms with Gasteiger partial charge in [-0.2, -0.15) is 0 Å². The monoisotopic (exact) mass is 183 g/mol. The molecule has 2 aliphatic rings. The Morgan fingerprint density at radius 1 is 1.31 bits per heavy atom. The summed E-state index contributed by atoms with van der Waals surface area (Å²) in [5.74, 6) is 0.967. The zero-order chi connectivity index (χ0) is 9.15. The van der Waals surface area contributed by atoms with E-state index in [4.69, 9.17) is 4.74 Å². The summed E-state index contributed by atoms with van der Waals surface area (Å²) in [5, 5.41) is 3.26. The summed E-state index contributed by atoms with van der Waals surface area (Å²) in [6.07, 6.45) is 7.12. The third kappa shape index (κ3) is 1.75. The molecule has 1 aliphatic heterocycles. The Labute approximate surface area is 81.0 Å². The predicted octanol–water partition coefficient (Wildman–Crippen LogP) is 1.80. The van der Waals surface area contributed by atoms with Crippen molar-refractivity contribution in [3.05, 3.63) is 0 Å². The van der Waals surface area contributed by atoms with E-state index in [1.807, 2.05) is 7.05 Å². The third-order valence-electron chi connectivity index (χ3n) is 3.87. The Morgan fingerprint density at radius 2 is 2.00 bits per heavy atom. The minimum atomic E-state index is 0.569. The molecule has 2 rings (SSSR count). The molecule has 76 valence electrons. The topological polar surface area (TPSA) is 21.3 Å². The lowest BCUT2D eigenvalue weighted by atomic mass is 9.70. The fourth-order valence-corrected chi connectivity index (χ4v) is 2.86. The standard InChI is InChI=1S/C11H21NO/c1-12-7-6-11(8-13-9-11)10-4-2-3-5-10/h10,12H,2-9H2,1H3. The molecule has 0 aromatic rings. The summed E-state index contributed by atoms with van der Waals surface area (Å²) in [7, 11) is 2.04. The Kier molecular flexibility index (Phi) is 2.89. The third-order valence-corrected chi connectivity index (χ3v) is 3.87. The second-order valence-electron chi connectivity index (χ2n) is 4.69. The van der Waals surface area contributed by atoms with E-state index in [2.05, 4.69) is 5.32 Å². The molecule has 1 heterocycles. The van der Waals surface area contributed by atoms with E-state index in [0.717, 1.165) is 25.7 Å². The molecule has 0 bridgehead atoms. The molecule has 0 unspecified atom stereocenters. The van der Waals surface area contributed by atoms with E-state index in [1.165, 1.54) is 32.1 Å². The second-order valence-corrected chi connectivity index (χ2v) is 4.69. The van der Waals surface area contributed by atoms with Crippen LogP contribution in [0.15, 0.2) is 0 Å². The molecule has 2 heteroatoms. The van der Waals surface area contributed by atoms with Gasteiger partial charge in [-0.3, -0.25) is 0 Å². The fourth-order valence-electron chi connectivity index (χ4n) is 2.86. The van der Waals surface area contributed by atoms with Gasteiger partial charge in [0.1, 0.15) is 0 Å². The average molecular weight is 183 g/mol. The SMILES string of the molecule is CNCCC1(C2CCCC2)COC1. The Morgan fingerprint density at radius 3 is 2.46 bits per heavy atom. The van der Waals surface area contributed by atoms with E-state index in [9.17, 15) is 0 Å². The first-order valence-corrected chi connectivity index (χ1v) is 5.60. The summed E-state index contributed by atoms with van der Waals surface area (Å²) in [6.45, 7) is 3.21. The first-order chi connectivity index (χ1) is 6.37. The minimum Gasteiger partial charge on any atom is -0.380 e. The molecule has 2 nitrogen and oxygen atoms in total. The predicted molar refractivity (Wildman–Crippen MR) is 53.8 cm³/mol. The Balaban J connectivity index is 1.89. The molecule has 0 spiro atoms. The second kappa shape index (κ2) is 3.97. The van der Waals surface area contributed by atoms with E-state index in [1.54, 1.807) is 0 Å². The summed E-state index contributed by atoms with van der Waals surface area (Å²) in [5.41, 5.74) is 0.569. The molecule has 1 saturated heterocycles. The largest absolute Gasteiger partial charge is 0.380 e. The van der Waals surface area contributed by atoms with Crippen LogP contribution >= 0.6 is 0 Å². The first kappa shape index (κ1) is 9.47. The van der Waals surface area contributed by atoms with Gasteiger partial charge >= 0.3 is 0 Å². The van der Waals surface area contributed by atoms with Crippen molar-refractivity contribution in [3.63, 3.8) is 0 Å². The maximum Gasteiger partial charge on any atom is 0.0547 e. The molecular weight excluding hydrogens is 162 g/mol. The number of ether oxygens (including phenoxy) is 1. The van der Waals surface area contributed by atoms with E-state index in [0.29, 0.717) is 5.41 Å². The molecule has 0 atom stereocenters. The highest BCUT2D eigenvalue weighted by molar-refractivity contribution is 4.94. The Bertz CT molecular complexity index is 159. The quantitative estimate of drug-likeness (QED) is 0.717. The van der Waals surface area contributed by atoms with Crippen molar-refractivity contribution in [2.45, 2.75) is 32.1 Å². The lowest BCUT2D eigenvalue weighted by Gasteiger charge is -2.46. The highest BCUT2D eigenvalue weighted by Gasteiger charge is 2.45. The molecule has 1 N–H and O–H groups in total. The average Bonchev–Trinajstić information content (AvgIpc) is 2.56. The van der Waals surface area contributed by atoms with E-state index >= 15 is 0 Å². The van der Waals surface area contributed by atoms with Crippen LogP contribution in [0.2, 0.25) is 0 Å². The molecular formula is C11H21NO. The van der Waals surface area contributed by atoms with Gasteiger partial charge in [0, 0.05) is 5.41 Å². The highest BCUT2D eigenvalue weighted by atomic mass is 16.5. The molecule has 0 amide bonds.